The van der Waals surface area contributed by atoms with Gasteiger partial charge in [0.25, 0.3) is 0 Å². The van der Waals surface area contributed by atoms with E-state index in [1.807, 2.05) is 36.4 Å². The minimum absolute atomic E-state index is 0.0676. The van der Waals surface area contributed by atoms with E-state index in [4.69, 9.17) is 11.6 Å². The lowest BCUT2D eigenvalue weighted by molar-refractivity contribution is -0.117. The monoisotopic (exact) mass is 321 g/mol. The highest BCUT2D eigenvalue weighted by Gasteiger charge is 2.08. The van der Waals surface area contributed by atoms with Gasteiger partial charge in [0.2, 0.25) is 5.91 Å². The summed E-state index contributed by atoms with van der Waals surface area (Å²) in [6, 6.07) is 15.3. The van der Waals surface area contributed by atoms with Crippen molar-refractivity contribution in [3.05, 3.63) is 53.6 Å². The van der Waals surface area contributed by atoms with Crippen LogP contribution in [0.5, 0.6) is 0 Å². The molecule has 2 aromatic carbocycles. The standard InChI is InChI=1S/C16H16ClNO2S/c1-11(19)9-16(20)18-12-7-8-15(14(17)10-12)21-13-5-3-2-4-6-13/h2-8,10-11,19H,9H2,1H3,(H,18,20). The fourth-order valence-corrected chi connectivity index (χ4v) is 2.89. The summed E-state index contributed by atoms with van der Waals surface area (Å²) in [6.07, 6.45) is -0.591. The summed E-state index contributed by atoms with van der Waals surface area (Å²) in [5.41, 5.74) is 0.628. The SMILES string of the molecule is CC(O)CC(=O)Nc1ccc(Sc2ccccc2)c(Cl)c1. The van der Waals surface area contributed by atoms with Crippen LogP contribution in [0.1, 0.15) is 13.3 Å². The summed E-state index contributed by atoms with van der Waals surface area (Å²) >= 11 is 7.81. The third-order valence-electron chi connectivity index (χ3n) is 2.67. The molecule has 2 rings (SSSR count). The predicted octanol–water partition coefficient (Wildman–Crippen LogP) is 4.20. The number of halogens is 1. The van der Waals surface area contributed by atoms with Gasteiger partial charge in [0.05, 0.1) is 17.5 Å². The van der Waals surface area contributed by atoms with Crippen LogP contribution in [0, 0.1) is 0 Å². The summed E-state index contributed by atoms with van der Waals surface area (Å²) in [5, 5.41) is 12.5. The van der Waals surface area contributed by atoms with Crippen LogP contribution in [0.2, 0.25) is 5.02 Å². The van der Waals surface area contributed by atoms with Crippen molar-refractivity contribution in [2.45, 2.75) is 29.2 Å². The van der Waals surface area contributed by atoms with E-state index in [2.05, 4.69) is 5.32 Å². The Morgan fingerprint density at radius 3 is 2.62 bits per heavy atom. The summed E-state index contributed by atoms with van der Waals surface area (Å²) in [7, 11) is 0. The van der Waals surface area contributed by atoms with Crippen molar-refractivity contribution in [1.29, 1.82) is 0 Å². The second kappa shape index (κ2) is 7.50. The Morgan fingerprint density at radius 1 is 1.29 bits per heavy atom. The zero-order valence-corrected chi connectivity index (χ0v) is 13.1. The van der Waals surface area contributed by atoms with Crippen molar-refractivity contribution in [3.8, 4) is 0 Å². The third kappa shape index (κ3) is 5.08. The number of hydrogen-bond donors (Lipinski definition) is 2. The van der Waals surface area contributed by atoms with E-state index in [9.17, 15) is 9.90 Å². The number of aliphatic hydroxyl groups excluding tert-OH is 1. The van der Waals surface area contributed by atoms with Crippen molar-refractivity contribution < 1.29 is 9.90 Å². The number of benzene rings is 2. The molecule has 5 heteroatoms. The highest BCUT2D eigenvalue weighted by molar-refractivity contribution is 7.99. The minimum Gasteiger partial charge on any atom is -0.393 e. The van der Waals surface area contributed by atoms with Crippen LogP contribution in [0.3, 0.4) is 0 Å². The number of anilines is 1. The van der Waals surface area contributed by atoms with Gasteiger partial charge in [0, 0.05) is 15.5 Å². The lowest BCUT2D eigenvalue weighted by Crippen LogP contribution is -2.17. The number of amides is 1. The molecule has 0 aliphatic carbocycles. The molecule has 0 aromatic heterocycles. The molecule has 2 N–H and O–H groups in total. The van der Waals surface area contributed by atoms with Gasteiger partial charge >= 0.3 is 0 Å². The van der Waals surface area contributed by atoms with E-state index >= 15 is 0 Å². The van der Waals surface area contributed by atoms with E-state index in [0.717, 1.165) is 9.79 Å². The zero-order valence-electron chi connectivity index (χ0n) is 11.5. The maximum Gasteiger partial charge on any atom is 0.226 e. The van der Waals surface area contributed by atoms with Gasteiger partial charge in [-0.1, -0.05) is 41.6 Å². The summed E-state index contributed by atoms with van der Waals surface area (Å²) in [6.45, 7) is 1.58. The molecule has 0 aliphatic heterocycles. The second-order valence-electron chi connectivity index (χ2n) is 4.66. The topological polar surface area (TPSA) is 49.3 Å². The first-order valence-electron chi connectivity index (χ1n) is 6.55. The molecule has 1 amide bonds. The molecule has 0 bridgehead atoms. The number of aliphatic hydroxyl groups is 1. The Morgan fingerprint density at radius 2 is 2.00 bits per heavy atom. The molecule has 0 heterocycles. The Bertz CT molecular complexity index is 617. The summed E-state index contributed by atoms with van der Waals surface area (Å²) < 4.78 is 0. The van der Waals surface area contributed by atoms with E-state index in [1.54, 1.807) is 30.8 Å². The van der Waals surface area contributed by atoms with Crippen LogP contribution in [-0.4, -0.2) is 17.1 Å². The molecule has 0 saturated carbocycles. The molecule has 0 fully saturated rings. The van der Waals surface area contributed by atoms with Crippen molar-refractivity contribution in [2.75, 3.05) is 5.32 Å². The number of carbonyl (C=O) groups is 1. The van der Waals surface area contributed by atoms with E-state index < -0.39 is 6.10 Å². The maximum atomic E-state index is 11.6. The average molecular weight is 322 g/mol. The molecule has 0 aliphatic rings. The zero-order chi connectivity index (χ0) is 15.2. The second-order valence-corrected chi connectivity index (χ2v) is 6.18. The van der Waals surface area contributed by atoms with Gasteiger partial charge in [-0.3, -0.25) is 4.79 Å². The van der Waals surface area contributed by atoms with Crippen LogP contribution >= 0.6 is 23.4 Å². The summed E-state index contributed by atoms with van der Waals surface area (Å²) in [5.74, 6) is -0.232. The Hall–Kier alpha value is -1.49. The van der Waals surface area contributed by atoms with Crippen molar-refractivity contribution >= 4 is 35.0 Å². The normalized spacial score (nSPS) is 12.0. The number of rotatable bonds is 5. The van der Waals surface area contributed by atoms with Gasteiger partial charge < -0.3 is 10.4 Å². The molecular formula is C16H16ClNO2S. The van der Waals surface area contributed by atoms with Crippen molar-refractivity contribution in [1.82, 2.24) is 0 Å². The molecule has 3 nitrogen and oxygen atoms in total. The van der Waals surface area contributed by atoms with Crippen LogP contribution < -0.4 is 5.32 Å². The fourth-order valence-electron chi connectivity index (χ4n) is 1.76. The van der Waals surface area contributed by atoms with Crippen LogP contribution in [0.4, 0.5) is 5.69 Å². The van der Waals surface area contributed by atoms with Gasteiger partial charge in [-0.2, -0.15) is 0 Å². The van der Waals surface area contributed by atoms with Gasteiger partial charge in [-0.15, -0.1) is 0 Å². The molecule has 21 heavy (non-hydrogen) atoms. The lowest BCUT2D eigenvalue weighted by atomic mass is 10.2. The molecule has 0 saturated heterocycles. The molecule has 2 aromatic rings. The third-order valence-corrected chi connectivity index (χ3v) is 4.18. The lowest BCUT2D eigenvalue weighted by Gasteiger charge is -2.09. The van der Waals surface area contributed by atoms with Crippen LogP contribution in [0.25, 0.3) is 0 Å². The van der Waals surface area contributed by atoms with Gasteiger partial charge in [0.15, 0.2) is 0 Å². The quantitative estimate of drug-likeness (QED) is 0.867. The number of hydrogen-bond acceptors (Lipinski definition) is 3. The Kier molecular flexibility index (Phi) is 5.67. The molecule has 0 spiro atoms. The van der Waals surface area contributed by atoms with Gasteiger partial charge in [-0.25, -0.2) is 0 Å². The van der Waals surface area contributed by atoms with Crippen molar-refractivity contribution in [2.24, 2.45) is 0 Å². The maximum absolute atomic E-state index is 11.6. The van der Waals surface area contributed by atoms with Crippen LogP contribution in [-0.2, 0) is 4.79 Å². The Labute approximate surface area is 133 Å². The van der Waals surface area contributed by atoms with Gasteiger partial charge in [0.1, 0.15) is 0 Å². The van der Waals surface area contributed by atoms with Crippen molar-refractivity contribution in [3.63, 3.8) is 0 Å². The largest absolute Gasteiger partial charge is 0.393 e. The highest BCUT2D eigenvalue weighted by atomic mass is 35.5. The molecule has 1 atom stereocenters. The van der Waals surface area contributed by atoms with E-state index in [-0.39, 0.29) is 12.3 Å². The summed E-state index contributed by atoms with van der Waals surface area (Å²) in [4.78, 5) is 13.6. The smallest absolute Gasteiger partial charge is 0.226 e. The molecular weight excluding hydrogens is 306 g/mol. The highest BCUT2D eigenvalue weighted by Crippen LogP contribution is 2.34. The minimum atomic E-state index is -0.659. The predicted molar refractivity (Wildman–Crippen MR) is 86.9 cm³/mol. The van der Waals surface area contributed by atoms with Crippen LogP contribution in [0.15, 0.2) is 58.3 Å². The van der Waals surface area contributed by atoms with Gasteiger partial charge in [-0.05, 0) is 37.3 Å². The van der Waals surface area contributed by atoms with E-state index in [0.29, 0.717) is 10.7 Å². The first-order valence-corrected chi connectivity index (χ1v) is 7.74. The fraction of sp³-hybridized carbons (Fsp3) is 0.188. The molecule has 1 unspecified atom stereocenters. The Balaban J connectivity index is 2.05. The molecule has 0 radical (unpaired) electrons. The first kappa shape index (κ1) is 15.9. The average Bonchev–Trinajstić information content (AvgIpc) is 2.42. The van der Waals surface area contributed by atoms with E-state index in [1.165, 1.54) is 0 Å². The number of carbonyl (C=O) groups excluding carboxylic acids is 1. The molecule has 110 valence electrons. The first-order chi connectivity index (χ1) is 10.0. The number of nitrogens with one attached hydrogen (secondary N) is 1.